The summed E-state index contributed by atoms with van der Waals surface area (Å²) in [7, 11) is 1.44. The number of carbonyl (C=O) groups excluding carboxylic acids is 3. The molecular weight excluding hydrogens is 506 g/mol. The molecule has 0 saturated heterocycles. The Kier molecular flexibility index (Phi) is 8.56. The summed E-state index contributed by atoms with van der Waals surface area (Å²) in [6.45, 7) is 5.77. The predicted octanol–water partition coefficient (Wildman–Crippen LogP) is 4.96. The molecule has 2 aromatic rings. The molecule has 8 nitrogen and oxygen atoms in total. The number of allylic oxidation sites excluding steroid dienone is 3. The Morgan fingerprint density at radius 3 is 2.53 bits per heavy atom. The van der Waals surface area contributed by atoms with Crippen LogP contribution < -0.4 is 10.1 Å². The second-order valence-corrected chi connectivity index (χ2v) is 10.1. The fraction of sp³-hybridized carbons (Fsp3) is 0.414. The third kappa shape index (κ3) is 5.07. The summed E-state index contributed by atoms with van der Waals surface area (Å²) in [6, 6.07) is 8.59. The third-order valence-corrected chi connectivity index (χ3v) is 7.89. The Hall–Kier alpha value is -3.59. The molecule has 0 bridgehead atoms. The third-order valence-electron chi connectivity index (χ3n) is 6.89. The number of aromatic hydroxyl groups is 1. The van der Waals surface area contributed by atoms with E-state index in [1.165, 1.54) is 24.5 Å². The summed E-state index contributed by atoms with van der Waals surface area (Å²) < 4.78 is 16.2. The molecule has 38 heavy (non-hydrogen) atoms. The van der Waals surface area contributed by atoms with Crippen LogP contribution in [0.25, 0.3) is 0 Å². The van der Waals surface area contributed by atoms with Crippen LogP contribution in [0.5, 0.6) is 11.5 Å². The van der Waals surface area contributed by atoms with Crippen LogP contribution in [0.1, 0.15) is 62.3 Å². The number of thiophene rings is 1. The van der Waals surface area contributed by atoms with Crippen molar-refractivity contribution < 1.29 is 33.7 Å². The number of hydrogen-bond donors (Lipinski definition) is 2. The van der Waals surface area contributed by atoms with E-state index in [0.29, 0.717) is 40.9 Å². The second kappa shape index (κ2) is 11.9. The van der Waals surface area contributed by atoms with Gasteiger partial charge < -0.3 is 24.6 Å². The normalized spacial score (nSPS) is 21.1. The van der Waals surface area contributed by atoms with Gasteiger partial charge in [-0.05, 0) is 55.8 Å². The van der Waals surface area contributed by atoms with Crippen molar-refractivity contribution in [2.45, 2.75) is 51.9 Å². The number of hydrogen-bond acceptors (Lipinski definition) is 9. The van der Waals surface area contributed by atoms with Crippen LogP contribution >= 0.6 is 11.3 Å². The predicted molar refractivity (Wildman–Crippen MR) is 143 cm³/mol. The summed E-state index contributed by atoms with van der Waals surface area (Å²) in [5.74, 6) is -3.60. The minimum Gasteiger partial charge on any atom is -0.504 e. The summed E-state index contributed by atoms with van der Waals surface area (Å²) >= 11 is 1.50. The Labute approximate surface area is 226 Å². The van der Waals surface area contributed by atoms with Crippen LogP contribution in [-0.2, 0) is 23.9 Å². The van der Waals surface area contributed by atoms with Gasteiger partial charge in [-0.2, -0.15) is 0 Å². The first kappa shape index (κ1) is 27.4. The quantitative estimate of drug-likeness (QED) is 0.340. The highest BCUT2D eigenvalue weighted by Crippen LogP contribution is 2.50. The largest absolute Gasteiger partial charge is 0.504 e. The molecule has 2 N–H and O–H groups in total. The van der Waals surface area contributed by atoms with Crippen LogP contribution in [0.3, 0.4) is 0 Å². The highest BCUT2D eigenvalue weighted by molar-refractivity contribution is 7.10. The monoisotopic (exact) mass is 539 g/mol. The standard InChI is InChI=1S/C29H33NO7S/c1-5-9-18-26(29(34)37-7-3)23(16-11-12-20(31)21(14-16)35-4)25-19(30-18)15-17(22-10-8-13-38-22)24(27(25)32)28(33)36-6-2/h8,10-14,17,23-24,30-31H,5-7,9,15H2,1-4H3/t17-,23-,24+/m1/s1. The minimum atomic E-state index is -1.05. The SMILES string of the molecule is CCCC1=C(C(=O)OCC)[C@H](c2ccc(O)c(OC)c2)C2=C(C[C@H](c3cccs3)[C@H](C(=O)OCC)C2=O)N1. The van der Waals surface area contributed by atoms with Crippen molar-refractivity contribution in [3.63, 3.8) is 0 Å². The molecule has 0 saturated carbocycles. The molecule has 0 amide bonds. The van der Waals surface area contributed by atoms with E-state index < -0.39 is 29.7 Å². The second-order valence-electron chi connectivity index (χ2n) is 9.16. The molecule has 0 spiro atoms. The Bertz CT molecular complexity index is 1280. The van der Waals surface area contributed by atoms with Crippen molar-refractivity contribution in [1.82, 2.24) is 5.32 Å². The molecule has 1 aliphatic carbocycles. The van der Waals surface area contributed by atoms with Gasteiger partial charge in [0.25, 0.3) is 0 Å². The average molecular weight is 540 g/mol. The molecule has 202 valence electrons. The lowest BCUT2D eigenvalue weighted by molar-refractivity contribution is -0.152. The maximum atomic E-state index is 14.3. The van der Waals surface area contributed by atoms with E-state index in [1.807, 2.05) is 24.4 Å². The summed E-state index contributed by atoms with van der Waals surface area (Å²) in [5, 5.41) is 15.6. The summed E-state index contributed by atoms with van der Waals surface area (Å²) in [5.41, 5.74) is 2.62. The molecule has 0 radical (unpaired) electrons. The summed E-state index contributed by atoms with van der Waals surface area (Å²) in [4.78, 5) is 41.9. The number of methoxy groups -OCH3 is 1. The van der Waals surface area contributed by atoms with Crippen LogP contribution in [0.15, 0.2) is 58.3 Å². The topological polar surface area (TPSA) is 111 Å². The average Bonchev–Trinajstić information content (AvgIpc) is 3.43. The molecule has 1 aliphatic heterocycles. The zero-order chi connectivity index (χ0) is 27.4. The smallest absolute Gasteiger partial charge is 0.336 e. The number of nitrogens with one attached hydrogen (secondary N) is 1. The van der Waals surface area contributed by atoms with Gasteiger partial charge in [0.05, 0.1) is 25.9 Å². The first-order chi connectivity index (χ1) is 18.4. The van der Waals surface area contributed by atoms with Gasteiger partial charge in [-0.3, -0.25) is 9.59 Å². The lowest BCUT2D eigenvalue weighted by Crippen LogP contribution is -2.43. The first-order valence-electron chi connectivity index (χ1n) is 12.9. The van der Waals surface area contributed by atoms with E-state index in [-0.39, 0.29) is 30.5 Å². The van der Waals surface area contributed by atoms with Crippen LogP contribution in [0.4, 0.5) is 0 Å². The van der Waals surface area contributed by atoms with E-state index in [4.69, 9.17) is 14.2 Å². The lowest BCUT2D eigenvalue weighted by atomic mass is 9.68. The minimum absolute atomic E-state index is 0.0630. The highest BCUT2D eigenvalue weighted by atomic mass is 32.1. The fourth-order valence-electron chi connectivity index (χ4n) is 5.32. The number of carbonyl (C=O) groups is 3. The first-order valence-corrected chi connectivity index (χ1v) is 13.7. The molecule has 0 unspecified atom stereocenters. The van der Waals surface area contributed by atoms with Gasteiger partial charge in [-0.25, -0.2) is 4.79 Å². The number of dihydropyridines is 1. The number of phenolic OH excluding ortho intramolecular Hbond substituents is 1. The molecule has 4 rings (SSSR count). The Morgan fingerprint density at radius 2 is 1.89 bits per heavy atom. The van der Waals surface area contributed by atoms with Gasteiger partial charge in [0, 0.05) is 33.7 Å². The van der Waals surface area contributed by atoms with Gasteiger partial charge in [-0.15, -0.1) is 11.3 Å². The zero-order valence-corrected chi connectivity index (χ0v) is 22.9. The van der Waals surface area contributed by atoms with E-state index in [1.54, 1.807) is 26.0 Å². The number of Topliss-reactive ketones (excluding diaryl/α,β-unsaturated/α-hetero) is 1. The van der Waals surface area contributed by atoms with Crippen LogP contribution in [0.2, 0.25) is 0 Å². The van der Waals surface area contributed by atoms with Crippen molar-refractivity contribution in [2.75, 3.05) is 20.3 Å². The molecule has 9 heteroatoms. The van der Waals surface area contributed by atoms with E-state index >= 15 is 0 Å². The van der Waals surface area contributed by atoms with Gasteiger partial charge in [0.2, 0.25) is 0 Å². The van der Waals surface area contributed by atoms with Crippen LogP contribution in [0, 0.1) is 5.92 Å². The number of ketones is 1. The Morgan fingerprint density at radius 1 is 1.13 bits per heavy atom. The Balaban J connectivity index is 1.95. The van der Waals surface area contributed by atoms with Crippen molar-refractivity contribution in [1.29, 1.82) is 0 Å². The van der Waals surface area contributed by atoms with Gasteiger partial charge in [0.1, 0.15) is 5.92 Å². The van der Waals surface area contributed by atoms with E-state index in [2.05, 4.69) is 5.32 Å². The molecule has 0 fully saturated rings. The lowest BCUT2D eigenvalue weighted by Gasteiger charge is -2.39. The van der Waals surface area contributed by atoms with Crippen molar-refractivity contribution in [2.24, 2.45) is 5.92 Å². The molecule has 3 atom stereocenters. The van der Waals surface area contributed by atoms with Crippen molar-refractivity contribution in [3.05, 3.63) is 68.7 Å². The molecule has 1 aromatic carbocycles. The number of rotatable bonds is 9. The van der Waals surface area contributed by atoms with Crippen molar-refractivity contribution in [3.8, 4) is 11.5 Å². The van der Waals surface area contributed by atoms with Gasteiger partial charge in [0.15, 0.2) is 17.3 Å². The maximum Gasteiger partial charge on any atom is 0.336 e. The number of benzene rings is 1. The number of ether oxygens (including phenoxy) is 3. The van der Waals surface area contributed by atoms with E-state index in [0.717, 1.165) is 11.3 Å². The fourth-order valence-corrected chi connectivity index (χ4v) is 6.19. The number of phenols is 1. The van der Waals surface area contributed by atoms with Crippen molar-refractivity contribution >= 4 is 29.1 Å². The molecule has 2 aliphatic rings. The molecule has 2 heterocycles. The van der Waals surface area contributed by atoms with E-state index in [9.17, 15) is 19.5 Å². The van der Waals surface area contributed by atoms with Crippen LogP contribution in [-0.4, -0.2) is 43.2 Å². The van der Waals surface area contributed by atoms with Gasteiger partial charge in [-0.1, -0.05) is 25.5 Å². The zero-order valence-electron chi connectivity index (χ0n) is 22.0. The number of esters is 2. The molecular formula is C29H33NO7S. The highest BCUT2D eigenvalue weighted by Gasteiger charge is 2.49. The maximum absolute atomic E-state index is 14.3. The van der Waals surface area contributed by atoms with Gasteiger partial charge >= 0.3 is 11.9 Å². The molecule has 1 aromatic heterocycles. The summed E-state index contributed by atoms with van der Waals surface area (Å²) in [6.07, 6.45) is 1.73.